The summed E-state index contributed by atoms with van der Waals surface area (Å²) in [6, 6.07) is 24.1. The number of hydrazine groups is 1. The molecule has 0 saturated heterocycles. The molecule has 1 amide bonds. The fourth-order valence-corrected chi connectivity index (χ4v) is 2.71. The first-order chi connectivity index (χ1) is 13.6. The van der Waals surface area contributed by atoms with Crippen LogP contribution in [-0.2, 0) is 6.54 Å². The molecule has 0 aliphatic heterocycles. The zero-order valence-corrected chi connectivity index (χ0v) is 16.5. The Kier molecular flexibility index (Phi) is 6.84. The van der Waals surface area contributed by atoms with Gasteiger partial charge in [0.05, 0.1) is 5.69 Å². The molecule has 0 radical (unpaired) electrons. The molecule has 0 bridgehead atoms. The molecular weight excluding hydrogens is 392 g/mol. The number of benzene rings is 3. The minimum Gasteiger partial charge on any atom is -0.358 e. The first-order valence-electron chi connectivity index (χ1n) is 8.61. The number of hydrogen-bond donors (Lipinski definition) is 4. The van der Waals surface area contributed by atoms with Crippen LogP contribution < -0.4 is 21.5 Å². The van der Waals surface area contributed by atoms with Gasteiger partial charge in [0.25, 0.3) is 5.91 Å². The fraction of sp³-hybridized carbons (Fsp3) is 0.0476. The van der Waals surface area contributed by atoms with E-state index in [1.54, 1.807) is 24.3 Å². The highest BCUT2D eigenvalue weighted by molar-refractivity contribution is 7.80. The molecule has 3 aromatic carbocycles. The molecule has 0 aliphatic carbocycles. The Morgan fingerprint density at radius 2 is 1.50 bits per heavy atom. The predicted molar refractivity (Wildman–Crippen MR) is 118 cm³/mol. The Labute approximate surface area is 174 Å². The van der Waals surface area contributed by atoms with Crippen molar-refractivity contribution in [3.63, 3.8) is 0 Å². The Bertz CT molecular complexity index is 931. The smallest absolute Gasteiger partial charge is 0.269 e. The maximum Gasteiger partial charge on any atom is 0.269 e. The number of thiocarbonyl (C=S) groups is 1. The van der Waals surface area contributed by atoms with Crippen molar-refractivity contribution in [3.8, 4) is 0 Å². The lowest BCUT2D eigenvalue weighted by Crippen LogP contribution is -2.29. The monoisotopic (exact) mass is 410 g/mol. The van der Waals surface area contributed by atoms with Gasteiger partial charge in [0, 0.05) is 22.8 Å². The van der Waals surface area contributed by atoms with Crippen molar-refractivity contribution in [3.05, 3.63) is 95.0 Å². The minimum atomic E-state index is -0.245. The topological polar surface area (TPSA) is 65.2 Å². The second kappa shape index (κ2) is 9.73. The molecule has 0 spiro atoms. The molecule has 3 rings (SSSR count). The Balaban J connectivity index is 1.45. The maximum atomic E-state index is 12.1. The number of rotatable bonds is 6. The van der Waals surface area contributed by atoms with Crippen molar-refractivity contribution in [2.45, 2.75) is 6.54 Å². The zero-order valence-electron chi connectivity index (χ0n) is 14.9. The van der Waals surface area contributed by atoms with E-state index >= 15 is 0 Å². The average molecular weight is 411 g/mol. The lowest BCUT2D eigenvalue weighted by atomic mass is 10.2. The van der Waals surface area contributed by atoms with Gasteiger partial charge in [-0.1, -0.05) is 41.9 Å². The summed E-state index contributed by atoms with van der Waals surface area (Å²) < 4.78 is 0. The van der Waals surface area contributed by atoms with E-state index in [9.17, 15) is 4.79 Å². The van der Waals surface area contributed by atoms with Gasteiger partial charge in [0.2, 0.25) is 0 Å². The number of hydrogen-bond acceptors (Lipinski definition) is 3. The van der Waals surface area contributed by atoms with Gasteiger partial charge in [-0.15, -0.1) is 0 Å². The second-order valence-electron chi connectivity index (χ2n) is 5.96. The molecule has 5 nitrogen and oxygen atoms in total. The van der Waals surface area contributed by atoms with E-state index in [0.717, 1.165) is 16.9 Å². The van der Waals surface area contributed by atoms with Crippen LogP contribution in [0.25, 0.3) is 0 Å². The highest BCUT2D eigenvalue weighted by Crippen LogP contribution is 2.13. The van der Waals surface area contributed by atoms with Gasteiger partial charge in [0.15, 0.2) is 5.11 Å². The molecule has 0 aromatic heterocycles. The van der Waals surface area contributed by atoms with Gasteiger partial charge in [-0.05, 0) is 66.3 Å². The van der Waals surface area contributed by atoms with Gasteiger partial charge in [-0.25, -0.2) is 0 Å². The Hall–Kier alpha value is -3.09. The van der Waals surface area contributed by atoms with Crippen LogP contribution in [0.3, 0.4) is 0 Å². The Morgan fingerprint density at radius 3 is 2.18 bits per heavy atom. The van der Waals surface area contributed by atoms with Gasteiger partial charge in [-0.3, -0.25) is 15.6 Å². The highest BCUT2D eigenvalue weighted by Gasteiger charge is 2.05. The predicted octanol–water partition coefficient (Wildman–Crippen LogP) is 4.58. The standard InChI is InChI=1S/C21H19ClN4OS/c22-17-8-6-16(7-9-17)20(27)26-25-19-12-10-18(11-13-19)24-21(28)23-14-15-4-2-1-3-5-15/h1-13,25H,14H2,(H,26,27)(H2,23,24,28). The molecular formula is C21H19ClN4OS. The lowest BCUT2D eigenvalue weighted by Gasteiger charge is -2.12. The molecule has 0 aliphatic rings. The van der Waals surface area contributed by atoms with Crippen LogP contribution >= 0.6 is 23.8 Å². The van der Waals surface area contributed by atoms with Crippen LogP contribution in [0.4, 0.5) is 11.4 Å². The number of amides is 1. The van der Waals surface area contributed by atoms with Gasteiger partial charge >= 0.3 is 0 Å². The first kappa shape index (κ1) is 19.7. The summed E-state index contributed by atoms with van der Waals surface area (Å²) in [5.74, 6) is -0.245. The molecule has 0 heterocycles. The van der Waals surface area contributed by atoms with Crippen molar-refractivity contribution >= 4 is 46.2 Å². The van der Waals surface area contributed by atoms with Crippen LogP contribution in [0, 0.1) is 0 Å². The third kappa shape index (κ3) is 5.97. The largest absolute Gasteiger partial charge is 0.358 e. The first-order valence-corrected chi connectivity index (χ1v) is 9.39. The molecule has 0 saturated carbocycles. The molecule has 0 atom stereocenters. The highest BCUT2D eigenvalue weighted by atomic mass is 35.5. The van der Waals surface area contributed by atoms with E-state index in [1.807, 2.05) is 54.6 Å². The van der Waals surface area contributed by atoms with Crippen molar-refractivity contribution in [1.29, 1.82) is 0 Å². The van der Waals surface area contributed by atoms with Crippen molar-refractivity contribution < 1.29 is 4.79 Å². The van der Waals surface area contributed by atoms with E-state index in [1.165, 1.54) is 0 Å². The number of anilines is 2. The van der Waals surface area contributed by atoms with Gasteiger partial charge in [-0.2, -0.15) is 0 Å². The summed E-state index contributed by atoms with van der Waals surface area (Å²) in [5, 5.41) is 7.42. The zero-order chi connectivity index (χ0) is 19.8. The molecule has 7 heteroatoms. The minimum absolute atomic E-state index is 0.245. The van der Waals surface area contributed by atoms with E-state index in [-0.39, 0.29) is 5.91 Å². The quantitative estimate of drug-likeness (QED) is 0.354. The van der Waals surface area contributed by atoms with E-state index < -0.39 is 0 Å². The van der Waals surface area contributed by atoms with Crippen LogP contribution in [0.5, 0.6) is 0 Å². The van der Waals surface area contributed by atoms with Gasteiger partial charge in [0.1, 0.15) is 0 Å². The van der Waals surface area contributed by atoms with Crippen molar-refractivity contribution in [2.24, 2.45) is 0 Å². The maximum absolute atomic E-state index is 12.1. The van der Waals surface area contributed by atoms with Gasteiger partial charge < -0.3 is 10.6 Å². The third-order valence-electron chi connectivity index (χ3n) is 3.87. The summed E-state index contributed by atoms with van der Waals surface area (Å²) >= 11 is 11.1. The van der Waals surface area contributed by atoms with E-state index in [0.29, 0.717) is 22.2 Å². The molecule has 142 valence electrons. The summed E-state index contributed by atoms with van der Waals surface area (Å²) in [6.45, 7) is 0.656. The number of halogens is 1. The summed E-state index contributed by atoms with van der Waals surface area (Å²) in [7, 11) is 0. The molecule has 0 fully saturated rings. The third-order valence-corrected chi connectivity index (χ3v) is 4.36. The molecule has 28 heavy (non-hydrogen) atoms. The van der Waals surface area contributed by atoms with Crippen LogP contribution in [-0.4, -0.2) is 11.0 Å². The van der Waals surface area contributed by atoms with Crippen LogP contribution in [0.15, 0.2) is 78.9 Å². The van der Waals surface area contributed by atoms with Crippen LogP contribution in [0.2, 0.25) is 5.02 Å². The van der Waals surface area contributed by atoms with E-state index in [2.05, 4.69) is 21.5 Å². The average Bonchev–Trinajstić information content (AvgIpc) is 2.73. The number of carbonyl (C=O) groups excluding carboxylic acids is 1. The fourth-order valence-electron chi connectivity index (χ4n) is 2.39. The SMILES string of the molecule is O=C(NNc1ccc(NC(=S)NCc2ccccc2)cc1)c1ccc(Cl)cc1. The second-order valence-corrected chi connectivity index (χ2v) is 6.80. The summed E-state index contributed by atoms with van der Waals surface area (Å²) in [4.78, 5) is 12.1. The van der Waals surface area contributed by atoms with Crippen molar-refractivity contribution in [1.82, 2.24) is 10.7 Å². The molecule has 0 unspecified atom stereocenters. The van der Waals surface area contributed by atoms with Crippen LogP contribution in [0.1, 0.15) is 15.9 Å². The number of carbonyl (C=O) groups is 1. The van der Waals surface area contributed by atoms with E-state index in [4.69, 9.17) is 23.8 Å². The normalized spacial score (nSPS) is 10.0. The molecule has 4 N–H and O–H groups in total. The molecule has 3 aromatic rings. The number of nitrogens with one attached hydrogen (secondary N) is 4. The summed E-state index contributed by atoms with van der Waals surface area (Å²) in [5.41, 5.74) is 8.79. The Morgan fingerprint density at radius 1 is 0.857 bits per heavy atom. The van der Waals surface area contributed by atoms with Crippen molar-refractivity contribution in [2.75, 3.05) is 10.7 Å². The lowest BCUT2D eigenvalue weighted by molar-refractivity contribution is 0.0962. The summed E-state index contributed by atoms with van der Waals surface area (Å²) in [6.07, 6.45) is 0.